The number of aliphatic hydroxyl groups is 1. The van der Waals surface area contributed by atoms with Crippen LogP contribution in [-0.4, -0.2) is 42.7 Å². The highest BCUT2D eigenvalue weighted by atomic mass is 16.3. The zero-order valence-electron chi connectivity index (χ0n) is 12.9. The first-order valence-electron chi connectivity index (χ1n) is 7.09. The van der Waals surface area contributed by atoms with Crippen molar-refractivity contribution >= 4 is 5.91 Å². The number of hydrogen-bond acceptors (Lipinski definition) is 3. The van der Waals surface area contributed by atoms with Crippen LogP contribution in [0.15, 0.2) is 24.3 Å². The molecule has 1 rings (SSSR count). The average Bonchev–Trinajstić information content (AvgIpc) is 2.37. The van der Waals surface area contributed by atoms with Gasteiger partial charge in [-0.2, -0.15) is 0 Å². The molecule has 0 saturated heterocycles. The standard InChI is InChI=1S/C16H26N2O2/c1-12(2)15(8-9-19)17-16(20)14-7-5-6-13(10-14)11-18(3)4/h5-7,10,12,15,19H,8-9,11H2,1-4H3,(H,17,20). The smallest absolute Gasteiger partial charge is 0.251 e. The molecule has 0 radical (unpaired) electrons. The van der Waals surface area contributed by atoms with Gasteiger partial charge in [-0.25, -0.2) is 0 Å². The lowest BCUT2D eigenvalue weighted by atomic mass is 10.0. The first-order chi connectivity index (χ1) is 9.43. The lowest BCUT2D eigenvalue weighted by Gasteiger charge is -2.21. The summed E-state index contributed by atoms with van der Waals surface area (Å²) in [6.45, 7) is 4.99. The first kappa shape index (κ1) is 16.7. The molecule has 1 aromatic rings. The highest BCUT2D eigenvalue weighted by molar-refractivity contribution is 5.94. The van der Waals surface area contributed by atoms with Gasteiger partial charge in [0.05, 0.1) is 0 Å². The Kier molecular flexibility index (Phi) is 6.68. The Morgan fingerprint density at radius 3 is 2.60 bits per heavy atom. The second-order valence-electron chi connectivity index (χ2n) is 5.77. The Labute approximate surface area is 121 Å². The monoisotopic (exact) mass is 278 g/mol. The summed E-state index contributed by atoms with van der Waals surface area (Å²) in [7, 11) is 4.01. The second-order valence-corrected chi connectivity index (χ2v) is 5.77. The number of hydrogen-bond donors (Lipinski definition) is 2. The van der Waals surface area contributed by atoms with Gasteiger partial charge in [0.2, 0.25) is 0 Å². The number of amides is 1. The molecule has 0 aliphatic heterocycles. The van der Waals surface area contributed by atoms with Gasteiger partial charge in [0.25, 0.3) is 5.91 Å². The molecule has 1 aromatic carbocycles. The van der Waals surface area contributed by atoms with Crippen molar-refractivity contribution in [3.05, 3.63) is 35.4 Å². The van der Waals surface area contributed by atoms with Crippen molar-refractivity contribution in [2.45, 2.75) is 32.9 Å². The van der Waals surface area contributed by atoms with Crippen LogP contribution in [0.25, 0.3) is 0 Å². The summed E-state index contributed by atoms with van der Waals surface area (Å²) in [4.78, 5) is 14.3. The van der Waals surface area contributed by atoms with Crippen molar-refractivity contribution in [2.75, 3.05) is 20.7 Å². The van der Waals surface area contributed by atoms with Crippen molar-refractivity contribution in [1.82, 2.24) is 10.2 Å². The molecule has 4 heteroatoms. The van der Waals surface area contributed by atoms with E-state index in [0.717, 1.165) is 12.1 Å². The molecule has 20 heavy (non-hydrogen) atoms. The Bertz CT molecular complexity index is 430. The van der Waals surface area contributed by atoms with Gasteiger partial charge in [-0.3, -0.25) is 4.79 Å². The van der Waals surface area contributed by atoms with Gasteiger partial charge in [-0.05, 0) is 44.1 Å². The molecule has 0 heterocycles. The lowest BCUT2D eigenvalue weighted by Crippen LogP contribution is -2.39. The summed E-state index contributed by atoms with van der Waals surface area (Å²) in [6.07, 6.45) is 0.584. The highest BCUT2D eigenvalue weighted by Gasteiger charge is 2.16. The van der Waals surface area contributed by atoms with E-state index in [0.29, 0.717) is 17.9 Å². The third-order valence-electron chi connectivity index (χ3n) is 3.25. The maximum absolute atomic E-state index is 12.3. The summed E-state index contributed by atoms with van der Waals surface area (Å²) in [6, 6.07) is 7.68. The summed E-state index contributed by atoms with van der Waals surface area (Å²) in [5.74, 6) is 0.230. The van der Waals surface area contributed by atoms with Crippen molar-refractivity contribution in [3.8, 4) is 0 Å². The van der Waals surface area contributed by atoms with Crippen LogP contribution in [0.3, 0.4) is 0 Å². The predicted octanol–water partition coefficient (Wildman–Crippen LogP) is 1.89. The highest BCUT2D eigenvalue weighted by Crippen LogP contribution is 2.10. The van der Waals surface area contributed by atoms with Crippen molar-refractivity contribution in [1.29, 1.82) is 0 Å². The maximum atomic E-state index is 12.3. The maximum Gasteiger partial charge on any atom is 0.251 e. The number of benzene rings is 1. The van der Waals surface area contributed by atoms with Gasteiger partial charge in [-0.1, -0.05) is 26.0 Å². The summed E-state index contributed by atoms with van der Waals surface area (Å²) in [5, 5.41) is 12.1. The fraction of sp³-hybridized carbons (Fsp3) is 0.562. The number of carbonyl (C=O) groups is 1. The van der Waals surface area contributed by atoms with Crippen LogP contribution in [0.4, 0.5) is 0 Å². The second kappa shape index (κ2) is 8.02. The average molecular weight is 278 g/mol. The Balaban J connectivity index is 2.75. The van der Waals surface area contributed by atoms with Gasteiger partial charge in [0.1, 0.15) is 0 Å². The van der Waals surface area contributed by atoms with E-state index >= 15 is 0 Å². The van der Waals surface area contributed by atoms with Crippen LogP contribution in [-0.2, 0) is 6.54 Å². The first-order valence-corrected chi connectivity index (χ1v) is 7.09. The Morgan fingerprint density at radius 2 is 2.05 bits per heavy atom. The summed E-state index contributed by atoms with van der Waals surface area (Å²) in [5.41, 5.74) is 1.79. The zero-order chi connectivity index (χ0) is 15.1. The largest absolute Gasteiger partial charge is 0.396 e. The molecular weight excluding hydrogens is 252 g/mol. The fourth-order valence-electron chi connectivity index (χ4n) is 2.14. The van der Waals surface area contributed by atoms with Crippen LogP contribution < -0.4 is 5.32 Å². The third-order valence-corrected chi connectivity index (χ3v) is 3.25. The van der Waals surface area contributed by atoms with Crippen LogP contribution >= 0.6 is 0 Å². The van der Waals surface area contributed by atoms with Crippen LogP contribution in [0.1, 0.15) is 36.2 Å². The molecule has 0 aromatic heterocycles. The number of aliphatic hydroxyl groups excluding tert-OH is 1. The quantitative estimate of drug-likeness (QED) is 0.801. The normalized spacial score (nSPS) is 12.8. The van der Waals surface area contributed by atoms with Gasteiger partial charge in [0, 0.05) is 24.8 Å². The van der Waals surface area contributed by atoms with E-state index in [4.69, 9.17) is 5.11 Å². The molecule has 0 fully saturated rings. The van der Waals surface area contributed by atoms with Crippen molar-refractivity contribution < 1.29 is 9.90 Å². The van der Waals surface area contributed by atoms with Crippen LogP contribution in [0.2, 0.25) is 0 Å². The van der Waals surface area contributed by atoms with Crippen molar-refractivity contribution in [2.24, 2.45) is 5.92 Å². The molecular formula is C16H26N2O2. The third kappa shape index (κ3) is 5.31. The lowest BCUT2D eigenvalue weighted by molar-refractivity contribution is 0.0916. The fourth-order valence-corrected chi connectivity index (χ4v) is 2.14. The Morgan fingerprint density at radius 1 is 1.35 bits per heavy atom. The van der Waals surface area contributed by atoms with E-state index in [2.05, 4.69) is 10.2 Å². The summed E-state index contributed by atoms with van der Waals surface area (Å²) < 4.78 is 0. The molecule has 0 saturated carbocycles. The summed E-state index contributed by atoms with van der Waals surface area (Å²) >= 11 is 0. The van der Waals surface area contributed by atoms with Crippen LogP contribution in [0.5, 0.6) is 0 Å². The van der Waals surface area contributed by atoms with Crippen molar-refractivity contribution in [3.63, 3.8) is 0 Å². The minimum atomic E-state index is -0.0715. The molecule has 2 N–H and O–H groups in total. The molecule has 1 atom stereocenters. The molecule has 0 aliphatic carbocycles. The van der Waals surface area contributed by atoms with E-state index in [9.17, 15) is 4.79 Å². The van der Waals surface area contributed by atoms with Crippen LogP contribution in [0, 0.1) is 5.92 Å². The minimum absolute atomic E-state index is 0.00463. The zero-order valence-corrected chi connectivity index (χ0v) is 12.9. The number of rotatable bonds is 7. The topological polar surface area (TPSA) is 52.6 Å². The molecule has 0 aliphatic rings. The van der Waals surface area contributed by atoms with Gasteiger partial charge in [-0.15, -0.1) is 0 Å². The number of nitrogens with one attached hydrogen (secondary N) is 1. The van der Waals surface area contributed by atoms with E-state index in [1.54, 1.807) is 0 Å². The predicted molar refractivity (Wildman–Crippen MR) is 81.6 cm³/mol. The van der Waals surface area contributed by atoms with E-state index in [1.165, 1.54) is 0 Å². The molecule has 0 bridgehead atoms. The van der Waals surface area contributed by atoms with Gasteiger partial charge >= 0.3 is 0 Å². The molecule has 112 valence electrons. The molecule has 1 unspecified atom stereocenters. The van der Waals surface area contributed by atoms with E-state index in [1.807, 2.05) is 52.2 Å². The van der Waals surface area contributed by atoms with E-state index < -0.39 is 0 Å². The van der Waals surface area contributed by atoms with Gasteiger partial charge < -0.3 is 15.3 Å². The molecule has 4 nitrogen and oxygen atoms in total. The SMILES string of the molecule is CC(C)C(CCO)NC(=O)c1cccc(CN(C)C)c1. The van der Waals surface area contributed by atoms with E-state index in [-0.39, 0.29) is 18.6 Å². The Hall–Kier alpha value is -1.39. The molecule has 1 amide bonds. The molecule has 0 spiro atoms. The number of nitrogens with zero attached hydrogens (tertiary/aromatic N) is 1. The number of carbonyl (C=O) groups excluding carboxylic acids is 1. The minimum Gasteiger partial charge on any atom is -0.396 e. The van der Waals surface area contributed by atoms with Gasteiger partial charge in [0.15, 0.2) is 0 Å².